The molecule has 0 unspecified atom stereocenters. The van der Waals surface area contributed by atoms with Crippen molar-refractivity contribution in [2.45, 2.75) is 12.3 Å². The molecule has 4 rings (SSSR count). The summed E-state index contributed by atoms with van der Waals surface area (Å²) in [6.07, 6.45) is 0.726. The van der Waals surface area contributed by atoms with Crippen molar-refractivity contribution >= 4 is 11.8 Å². The molecule has 0 aromatic heterocycles. The van der Waals surface area contributed by atoms with E-state index in [1.807, 2.05) is 97.1 Å². The summed E-state index contributed by atoms with van der Waals surface area (Å²) in [5.41, 5.74) is 8.33. The van der Waals surface area contributed by atoms with Gasteiger partial charge in [0.15, 0.2) is 0 Å². The first-order valence-electron chi connectivity index (χ1n) is 11.2. The highest BCUT2D eigenvalue weighted by molar-refractivity contribution is 5.98. The Bertz CT molecular complexity index is 1170. The zero-order valence-corrected chi connectivity index (χ0v) is 18.7. The van der Waals surface area contributed by atoms with E-state index in [-0.39, 0.29) is 5.91 Å². The largest absolute Gasteiger partial charge is 0.492 e. The fourth-order valence-corrected chi connectivity index (χ4v) is 3.75. The molecule has 2 amide bonds. The third kappa shape index (κ3) is 5.90. The molecule has 170 valence electrons. The van der Waals surface area contributed by atoms with Crippen LogP contribution in [0.2, 0.25) is 0 Å². The number of carbonyl (C=O) groups excluding carboxylic acids is 2. The first-order valence-corrected chi connectivity index (χ1v) is 11.2. The van der Waals surface area contributed by atoms with E-state index in [1.54, 1.807) is 18.2 Å². The first kappa shape index (κ1) is 22.8. The highest BCUT2D eigenvalue weighted by Gasteiger charge is 2.23. The molecule has 5 nitrogen and oxygen atoms in total. The number of hydrogen-bond donors (Lipinski definition) is 2. The average molecular weight is 451 g/mol. The van der Waals surface area contributed by atoms with Gasteiger partial charge in [0, 0.05) is 6.42 Å². The molecular weight excluding hydrogens is 424 g/mol. The van der Waals surface area contributed by atoms with Gasteiger partial charge in [-0.3, -0.25) is 20.4 Å². The Kier molecular flexibility index (Phi) is 7.70. The van der Waals surface area contributed by atoms with Gasteiger partial charge in [0.2, 0.25) is 5.91 Å². The Morgan fingerprint density at radius 3 is 1.79 bits per heavy atom. The number of carbonyl (C=O) groups is 2. The molecule has 5 heteroatoms. The summed E-state index contributed by atoms with van der Waals surface area (Å²) in [7, 11) is 0. The van der Waals surface area contributed by atoms with Crippen LogP contribution in [0.5, 0.6) is 5.75 Å². The van der Waals surface area contributed by atoms with Gasteiger partial charge in [-0.1, -0.05) is 103 Å². The summed E-state index contributed by atoms with van der Waals surface area (Å²) in [5.74, 6) is -0.857. The second-order valence-electron chi connectivity index (χ2n) is 7.78. The van der Waals surface area contributed by atoms with Crippen LogP contribution in [-0.4, -0.2) is 18.4 Å². The molecule has 0 aliphatic heterocycles. The van der Waals surface area contributed by atoms with Gasteiger partial charge in [0.1, 0.15) is 5.75 Å². The van der Waals surface area contributed by atoms with Crippen LogP contribution in [0.4, 0.5) is 0 Å². The fourth-order valence-electron chi connectivity index (χ4n) is 3.75. The van der Waals surface area contributed by atoms with Gasteiger partial charge in [-0.25, -0.2) is 0 Å². The SMILES string of the molecule is O=C(NNC(=O)C(c1ccccc1)c1ccccc1)c1ccccc1OCCc1ccccc1. The molecule has 0 bridgehead atoms. The van der Waals surface area contributed by atoms with Crippen molar-refractivity contribution in [1.82, 2.24) is 10.9 Å². The van der Waals surface area contributed by atoms with Gasteiger partial charge < -0.3 is 4.74 Å². The lowest BCUT2D eigenvalue weighted by Crippen LogP contribution is -2.44. The van der Waals surface area contributed by atoms with E-state index >= 15 is 0 Å². The second kappa shape index (κ2) is 11.5. The van der Waals surface area contributed by atoms with Gasteiger partial charge in [0.05, 0.1) is 18.1 Å². The molecular formula is C29H26N2O3. The van der Waals surface area contributed by atoms with Crippen LogP contribution in [-0.2, 0) is 11.2 Å². The maximum absolute atomic E-state index is 13.1. The van der Waals surface area contributed by atoms with Crippen molar-refractivity contribution in [3.63, 3.8) is 0 Å². The summed E-state index contributed by atoms with van der Waals surface area (Å²) in [5, 5.41) is 0. The van der Waals surface area contributed by atoms with E-state index in [9.17, 15) is 9.59 Å². The Labute approximate surface area is 199 Å². The summed E-state index contributed by atoms with van der Waals surface area (Å²) in [4.78, 5) is 26.0. The van der Waals surface area contributed by atoms with E-state index < -0.39 is 11.8 Å². The molecule has 0 atom stereocenters. The molecule has 4 aromatic carbocycles. The number of hydrogen-bond acceptors (Lipinski definition) is 3. The minimum absolute atomic E-state index is 0.326. The van der Waals surface area contributed by atoms with Gasteiger partial charge in [0.25, 0.3) is 5.91 Å². The Hall–Kier alpha value is -4.38. The van der Waals surface area contributed by atoms with Crippen LogP contribution in [0.15, 0.2) is 115 Å². The minimum atomic E-state index is -0.555. The summed E-state index contributed by atoms with van der Waals surface area (Å²) >= 11 is 0. The van der Waals surface area contributed by atoms with E-state index in [1.165, 1.54) is 0 Å². The number of hydrazine groups is 1. The van der Waals surface area contributed by atoms with Crippen LogP contribution < -0.4 is 15.6 Å². The van der Waals surface area contributed by atoms with Crippen LogP contribution >= 0.6 is 0 Å². The Morgan fingerprint density at radius 1 is 0.647 bits per heavy atom. The Balaban J connectivity index is 1.42. The van der Waals surface area contributed by atoms with E-state index in [2.05, 4.69) is 10.9 Å². The standard InChI is InChI=1S/C29H26N2O3/c32-28(25-18-10-11-19-26(25)34-21-20-22-12-4-1-5-13-22)30-31-29(33)27(23-14-6-2-7-15-23)24-16-8-3-9-17-24/h1-19,27H,20-21H2,(H,30,32)(H,31,33). The van der Waals surface area contributed by atoms with Crippen LogP contribution in [0.1, 0.15) is 33.0 Å². The first-order chi connectivity index (χ1) is 16.7. The van der Waals surface area contributed by atoms with Gasteiger partial charge in [-0.05, 0) is 28.8 Å². The monoisotopic (exact) mass is 450 g/mol. The van der Waals surface area contributed by atoms with Gasteiger partial charge >= 0.3 is 0 Å². The molecule has 0 radical (unpaired) electrons. The molecule has 4 aromatic rings. The molecule has 0 saturated heterocycles. The van der Waals surface area contributed by atoms with E-state index in [0.717, 1.165) is 23.1 Å². The predicted molar refractivity (Wildman–Crippen MR) is 132 cm³/mol. The number of rotatable bonds is 8. The molecule has 0 aliphatic rings. The average Bonchev–Trinajstić information content (AvgIpc) is 2.90. The molecule has 0 spiro atoms. The molecule has 0 aliphatic carbocycles. The zero-order chi connectivity index (χ0) is 23.6. The van der Waals surface area contributed by atoms with Crippen LogP contribution in [0, 0.1) is 0 Å². The summed E-state index contributed by atoms with van der Waals surface area (Å²) in [6, 6.07) is 36.0. The van der Waals surface area contributed by atoms with Crippen molar-refractivity contribution in [3.05, 3.63) is 138 Å². The molecule has 2 N–H and O–H groups in total. The maximum Gasteiger partial charge on any atom is 0.273 e. The zero-order valence-electron chi connectivity index (χ0n) is 18.7. The highest BCUT2D eigenvalue weighted by atomic mass is 16.5. The minimum Gasteiger partial charge on any atom is -0.492 e. The van der Waals surface area contributed by atoms with Gasteiger partial charge in [-0.15, -0.1) is 0 Å². The van der Waals surface area contributed by atoms with Crippen molar-refractivity contribution in [1.29, 1.82) is 0 Å². The molecule has 34 heavy (non-hydrogen) atoms. The third-order valence-electron chi connectivity index (χ3n) is 5.45. The van der Waals surface area contributed by atoms with Crippen molar-refractivity contribution in [3.8, 4) is 5.75 Å². The lowest BCUT2D eigenvalue weighted by Gasteiger charge is -2.18. The van der Waals surface area contributed by atoms with E-state index in [0.29, 0.717) is 17.9 Å². The predicted octanol–water partition coefficient (Wildman–Crippen LogP) is 4.90. The lowest BCUT2D eigenvalue weighted by atomic mass is 9.91. The van der Waals surface area contributed by atoms with Gasteiger partial charge in [-0.2, -0.15) is 0 Å². The van der Waals surface area contributed by atoms with Crippen LogP contribution in [0.3, 0.4) is 0 Å². The Morgan fingerprint density at radius 2 is 1.18 bits per heavy atom. The molecule has 0 saturated carbocycles. The quantitative estimate of drug-likeness (QED) is 0.375. The molecule has 0 heterocycles. The number of ether oxygens (including phenoxy) is 1. The third-order valence-corrected chi connectivity index (χ3v) is 5.45. The van der Waals surface area contributed by atoms with E-state index in [4.69, 9.17) is 4.74 Å². The van der Waals surface area contributed by atoms with Crippen molar-refractivity contribution in [2.24, 2.45) is 0 Å². The number of amides is 2. The van der Waals surface area contributed by atoms with Crippen molar-refractivity contribution in [2.75, 3.05) is 6.61 Å². The van der Waals surface area contributed by atoms with Crippen molar-refractivity contribution < 1.29 is 14.3 Å². The normalized spacial score (nSPS) is 10.5. The topological polar surface area (TPSA) is 67.4 Å². The smallest absolute Gasteiger partial charge is 0.273 e. The summed E-state index contributed by atoms with van der Waals surface area (Å²) < 4.78 is 5.88. The number of benzene rings is 4. The maximum atomic E-state index is 13.1. The fraction of sp³-hybridized carbons (Fsp3) is 0.103. The number of nitrogens with one attached hydrogen (secondary N) is 2. The molecule has 0 fully saturated rings. The lowest BCUT2D eigenvalue weighted by molar-refractivity contribution is -0.122. The van der Waals surface area contributed by atoms with Crippen LogP contribution in [0.25, 0.3) is 0 Å². The second-order valence-corrected chi connectivity index (χ2v) is 7.78. The highest BCUT2D eigenvalue weighted by Crippen LogP contribution is 2.24. The summed E-state index contributed by atoms with van der Waals surface area (Å²) in [6.45, 7) is 0.435. The number of para-hydroxylation sites is 1.